The topological polar surface area (TPSA) is 88.8 Å². The van der Waals surface area contributed by atoms with Gasteiger partial charge in [-0.3, -0.25) is 9.59 Å². The minimum atomic E-state index is -0.804. The summed E-state index contributed by atoms with van der Waals surface area (Å²) in [6.45, 7) is 0. The number of amides is 1. The third kappa shape index (κ3) is 2.24. The molecule has 2 N–H and O–H groups in total. The van der Waals surface area contributed by atoms with Gasteiger partial charge < -0.3 is 19.6 Å². The minimum Gasteiger partial charge on any atom is -0.507 e. The Kier molecular flexibility index (Phi) is 3.42. The largest absolute Gasteiger partial charge is 0.507 e. The summed E-state index contributed by atoms with van der Waals surface area (Å²) < 4.78 is 10.3. The van der Waals surface area contributed by atoms with Crippen LogP contribution in [-0.4, -0.2) is 23.9 Å². The lowest BCUT2D eigenvalue weighted by Crippen LogP contribution is -2.20. The van der Waals surface area contributed by atoms with Crippen LogP contribution in [0.25, 0.3) is 5.76 Å². The molecule has 1 aromatic heterocycles. The van der Waals surface area contributed by atoms with Gasteiger partial charge >= 0.3 is 0 Å². The smallest absolute Gasteiger partial charge is 0.293 e. The molecule has 1 aliphatic heterocycles. The fourth-order valence-corrected chi connectivity index (χ4v) is 2.36. The van der Waals surface area contributed by atoms with Crippen LogP contribution in [0, 0.1) is 0 Å². The summed E-state index contributed by atoms with van der Waals surface area (Å²) in [5, 5.41) is 13.0. The van der Waals surface area contributed by atoms with Gasteiger partial charge in [0.15, 0.2) is 0 Å². The second kappa shape index (κ2) is 5.40. The number of benzene rings is 1. The number of Topliss-reactive ketones (excluding diaryl/α,β-unsaturated/α-hetero) is 1. The Morgan fingerprint density at radius 1 is 1.27 bits per heavy atom. The Bertz CT molecular complexity index is 761. The molecule has 1 atom stereocenters. The van der Waals surface area contributed by atoms with Crippen LogP contribution >= 0.6 is 0 Å². The molecule has 0 aliphatic carbocycles. The number of rotatable bonds is 3. The van der Waals surface area contributed by atoms with Crippen LogP contribution in [0.4, 0.5) is 0 Å². The first kappa shape index (κ1) is 13.9. The molecule has 1 unspecified atom stereocenters. The van der Waals surface area contributed by atoms with Gasteiger partial charge in [0.1, 0.15) is 23.3 Å². The molecule has 2 heterocycles. The fraction of sp³-hybridized carbons (Fsp3) is 0.125. The zero-order chi connectivity index (χ0) is 15.7. The highest BCUT2D eigenvalue weighted by atomic mass is 16.5. The molecule has 0 saturated carbocycles. The molecule has 1 saturated heterocycles. The maximum Gasteiger partial charge on any atom is 0.293 e. The second-order valence-corrected chi connectivity index (χ2v) is 4.75. The quantitative estimate of drug-likeness (QED) is 0.514. The van der Waals surface area contributed by atoms with E-state index in [1.807, 2.05) is 0 Å². The predicted octanol–water partition coefficient (Wildman–Crippen LogP) is 2.00. The molecule has 0 bridgehead atoms. The van der Waals surface area contributed by atoms with E-state index in [1.54, 1.807) is 36.4 Å². The maximum atomic E-state index is 12.1. The van der Waals surface area contributed by atoms with Crippen molar-refractivity contribution in [2.75, 3.05) is 7.11 Å². The number of carbonyl (C=O) groups is 2. The number of aliphatic hydroxyl groups is 1. The number of hydrogen-bond acceptors (Lipinski definition) is 5. The summed E-state index contributed by atoms with van der Waals surface area (Å²) in [7, 11) is 1.50. The number of carbonyl (C=O) groups excluding carboxylic acids is 2. The summed E-state index contributed by atoms with van der Waals surface area (Å²) in [4.78, 5) is 23.8. The number of aliphatic hydroxyl groups excluding tert-OH is 1. The molecule has 6 heteroatoms. The first-order valence-electron chi connectivity index (χ1n) is 6.58. The van der Waals surface area contributed by atoms with Gasteiger partial charge in [-0.05, 0) is 24.3 Å². The summed E-state index contributed by atoms with van der Waals surface area (Å²) in [5.74, 6) is -0.913. The molecular formula is C16H13NO5. The van der Waals surface area contributed by atoms with Crippen molar-refractivity contribution in [2.45, 2.75) is 6.04 Å². The highest BCUT2D eigenvalue weighted by Crippen LogP contribution is 2.33. The summed E-state index contributed by atoms with van der Waals surface area (Å²) >= 11 is 0. The Morgan fingerprint density at radius 2 is 2.09 bits per heavy atom. The fourth-order valence-electron chi connectivity index (χ4n) is 2.36. The number of methoxy groups -OCH3 is 1. The Morgan fingerprint density at radius 3 is 2.77 bits per heavy atom. The van der Waals surface area contributed by atoms with Gasteiger partial charge in [0.25, 0.3) is 11.7 Å². The van der Waals surface area contributed by atoms with E-state index in [0.29, 0.717) is 17.1 Å². The van der Waals surface area contributed by atoms with E-state index in [1.165, 1.54) is 13.4 Å². The van der Waals surface area contributed by atoms with Gasteiger partial charge in [-0.1, -0.05) is 12.1 Å². The number of furan rings is 1. The van der Waals surface area contributed by atoms with E-state index >= 15 is 0 Å². The van der Waals surface area contributed by atoms with Crippen molar-refractivity contribution < 1.29 is 23.8 Å². The van der Waals surface area contributed by atoms with E-state index in [9.17, 15) is 14.7 Å². The average Bonchev–Trinajstić information content (AvgIpc) is 3.16. The van der Waals surface area contributed by atoms with Crippen molar-refractivity contribution in [3.8, 4) is 5.75 Å². The Labute approximate surface area is 126 Å². The van der Waals surface area contributed by atoms with Gasteiger partial charge in [-0.25, -0.2) is 0 Å². The average molecular weight is 299 g/mol. The molecular weight excluding hydrogens is 286 g/mol. The van der Waals surface area contributed by atoms with Crippen LogP contribution in [0.2, 0.25) is 0 Å². The van der Waals surface area contributed by atoms with Crippen molar-refractivity contribution in [3.63, 3.8) is 0 Å². The van der Waals surface area contributed by atoms with Crippen molar-refractivity contribution in [2.24, 2.45) is 0 Å². The van der Waals surface area contributed by atoms with Crippen molar-refractivity contribution in [3.05, 3.63) is 59.6 Å². The predicted molar refractivity (Wildman–Crippen MR) is 77.1 cm³/mol. The van der Waals surface area contributed by atoms with E-state index < -0.39 is 17.7 Å². The van der Waals surface area contributed by atoms with Crippen LogP contribution in [-0.2, 0) is 9.59 Å². The second-order valence-electron chi connectivity index (χ2n) is 4.75. The Hall–Kier alpha value is -3.02. The number of hydrogen-bond donors (Lipinski definition) is 2. The molecule has 0 radical (unpaired) electrons. The zero-order valence-corrected chi connectivity index (χ0v) is 11.7. The van der Waals surface area contributed by atoms with E-state index in [4.69, 9.17) is 9.15 Å². The van der Waals surface area contributed by atoms with Gasteiger partial charge in [0.2, 0.25) is 0 Å². The third-order valence-corrected chi connectivity index (χ3v) is 3.44. The first-order valence-corrected chi connectivity index (χ1v) is 6.58. The summed E-state index contributed by atoms with van der Waals surface area (Å²) in [6.07, 6.45) is 1.44. The monoisotopic (exact) mass is 299 g/mol. The molecule has 1 fully saturated rings. The summed E-state index contributed by atoms with van der Waals surface area (Å²) in [5.41, 5.74) is 0.351. The van der Waals surface area contributed by atoms with Crippen LogP contribution in [0.5, 0.6) is 5.75 Å². The van der Waals surface area contributed by atoms with Crippen LogP contribution in [0.3, 0.4) is 0 Å². The lowest BCUT2D eigenvalue weighted by Gasteiger charge is -2.11. The lowest BCUT2D eigenvalue weighted by molar-refractivity contribution is -0.133. The first-order chi connectivity index (χ1) is 10.6. The van der Waals surface area contributed by atoms with Crippen molar-refractivity contribution in [1.29, 1.82) is 0 Å². The molecule has 112 valence electrons. The molecule has 0 spiro atoms. The van der Waals surface area contributed by atoms with Gasteiger partial charge in [-0.2, -0.15) is 0 Å². The third-order valence-electron chi connectivity index (χ3n) is 3.44. The van der Waals surface area contributed by atoms with Crippen LogP contribution in [0.1, 0.15) is 17.4 Å². The minimum absolute atomic E-state index is 0.0341. The number of nitrogens with one attached hydrogen (secondary N) is 1. The van der Waals surface area contributed by atoms with Crippen molar-refractivity contribution in [1.82, 2.24) is 5.32 Å². The van der Waals surface area contributed by atoms with E-state index in [0.717, 1.165) is 0 Å². The standard InChI is InChI=1S/C16H13NO5/c1-21-10-5-2-4-9(8-10)14(18)12-13(11-6-3-7-22-11)17-16(20)15(12)19/h2-8,13,18H,1H3,(H,17,20). The van der Waals surface area contributed by atoms with Gasteiger partial charge in [-0.15, -0.1) is 0 Å². The Balaban J connectivity index is 2.11. The maximum absolute atomic E-state index is 12.1. The number of ketones is 1. The highest BCUT2D eigenvalue weighted by molar-refractivity contribution is 6.46. The molecule has 1 aliphatic rings. The van der Waals surface area contributed by atoms with E-state index in [-0.39, 0.29) is 11.3 Å². The molecule has 6 nitrogen and oxygen atoms in total. The summed E-state index contributed by atoms with van der Waals surface area (Å²) in [6, 6.07) is 9.07. The van der Waals surface area contributed by atoms with Gasteiger partial charge in [0, 0.05) is 5.56 Å². The number of ether oxygens (including phenoxy) is 1. The SMILES string of the molecule is COc1cccc(C(O)=C2C(=O)C(=O)NC2c2ccco2)c1. The zero-order valence-electron chi connectivity index (χ0n) is 11.7. The molecule has 22 heavy (non-hydrogen) atoms. The normalized spacial score (nSPS) is 20.0. The van der Waals surface area contributed by atoms with Gasteiger partial charge in [0.05, 0.1) is 18.9 Å². The van der Waals surface area contributed by atoms with E-state index in [2.05, 4.69) is 5.32 Å². The van der Waals surface area contributed by atoms with Crippen LogP contribution in [0.15, 0.2) is 52.7 Å². The molecule has 3 rings (SSSR count). The van der Waals surface area contributed by atoms with Crippen molar-refractivity contribution >= 4 is 17.4 Å². The highest BCUT2D eigenvalue weighted by Gasteiger charge is 2.40. The van der Waals surface area contributed by atoms with Crippen LogP contribution < -0.4 is 10.1 Å². The molecule has 1 amide bonds. The lowest BCUT2D eigenvalue weighted by atomic mass is 9.99. The molecule has 2 aromatic rings. The molecule has 1 aromatic carbocycles.